The van der Waals surface area contributed by atoms with E-state index in [1.54, 1.807) is 16.3 Å². The molecule has 5 nitrogen and oxygen atoms in total. The highest BCUT2D eigenvalue weighted by Crippen LogP contribution is 2.32. The summed E-state index contributed by atoms with van der Waals surface area (Å²) in [6.07, 6.45) is -0.298. The average molecular weight is 333 g/mol. The number of benzene rings is 1. The standard InChI is InChI=1S/C17H23N3O2S/c1-17(2,3)22-16(21)20-11-9-18-8-10-19(20)14-5-4-6-15-13(14)7-12-23-15/h4-7,12,18H,8-11H2,1-3H3. The Balaban J connectivity index is 1.96. The van der Waals surface area contributed by atoms with E-state index in [1.807, 2.05) is 31.8 Å². The van der Waals surface area contributed by atoms with E-state index >= 15 is 0 Å². The van der Waals surface area contributed by atoms with Crippen LogP contribution in [0.3, 0.4) is 0 Å². The van der Waals surface area contributed by atoms with Crippen molar-refractivity contribution < 1.29 is 9.53 Å². The minimum atomic E-state index is -0.503. The lowest BCUT2D eigenvalue weighted by Gasteiger charge is -2.36. The van der Waals surface area contributed by atoms with E-state index in [4.69, 9.17) is 4.74 Å². The first kappa shape index (κ1) is 16.1. The normalized spacial score (nSPS) is 16.5. The highest BCUT2D eigenvalue weighted by atomic mass is 32.1. The van der Waals surface area contributed by atoms with Gasteiger partial charge in [0, 0.05) is 23.2 Å². The number of carbonyl (C=O) groups excluding carboxylic acids is 1. The van der Waals surface area contributed by atoms with Crippen molar-refractivity contribution in [3.8, 4) is 0 Å². The molecule has 1 saturated heterocycles. The maximum Gasteiger partial charge on any atom is 0.429 e. The Bertz CT molecular complexity index is 692. The molecule has 1 aliphatic rings. The van der Waals surface area contributed by atoms with Gasteiger partial charge in [0.2, 0.25) is 0 Å². The van der Waals surface area contributed by atoms with Gasteiger partial charge in [0.15, 0.2) is 0 Å². The third kappa shape index (κ3) is 3.59. The molecule has 1 aliphatic heterocycles. The molecule has 0 atom stereocenters. The fraction of sp³-hybridized carbons (Fsp3) is 0.471. The van der Waals surface area contributed by atoms with Crippen LogP contribution in [0.1, 0.15) is 20.8 Å². The van der Waals surface area contributed by atoms with Gasteiger partial charge in [-0.3, -0.25) is 5.01 Å². The molecular weight excluding hydrogens is 310 g/mol. The van der Waals surface area contributed by atoms with Crippen LogP contribution >= 0.6 is 11.3 Å². The minimum Gasteiger partial charge on any atom is -0.442 e. The first-order valence-corrected chi connectivity index (χ1v) is 8.78. The van der Waals surface area contributed by atoms with Crippen LogP contribution in [0.15, 0.2) is 29.6 Å². The fourth-order valence-electron chi connectivity index (χ4n) is 2.69. The van der Waals surface area contributed by atoms with Gasteiger partial charge in [-0.15, -0.1) is 11.3 Å². The third-order valence-corrected chi connectivity index (χ3v) is 4.53. The lowest BCUT2D eigenvalue weighted by molar-refractivity contribution is 0.0240. The molecule has 0 radical (unpaired) electrons. The van der Waals surface area contributed by atoms with E-state index < -0.39 is 5.60 Å². The largest absolute Gasteiger partial charge is 0.442 e. The van der Waals surface area contributed by atoms with Crippen molar-refractivity contribution in [3.05, 3.63) is 29.6 Å². The number of nitrogens with zero attached hydrogens (tertiary/aromatic N) is 2. The summed E-state index contributed by atoms with van der Waals surface area (Å²) in [5, 5.41) is 10.4. The molecule has 0 bridgehead atoms. The van der Waals surface area contributed by atoms with Gasteiger partial charge in [0.05, 0.1) is 18.8 Å². The van der Waals surface area contributed by atoms with Crippen molar-refractivity contribution >= 4 is 33.2 Å². The van der Waals surface area contributed by atoms with Crippen LogP contribution in [0.4, 0.5) is 10.5 Å². The maximum atomic E-state index is 12.7. The lowest BCUT2D eigenvalue weighted by Crippen LogP contribution is -2.49. The van der Waals surface area contributed by atoms with Gasteiger partial charge in [0.1, 0.15) is 5.60 Å². The molecule has 0 aliphatic carbocycles. The fourth-order valence-corrected chi connectivity index (χ4v) is 3.50. The monoisotopic (exact) mass is 333 g/mol. The third-order valence-electron chi connectivity index (χ3n) is 3.65. The predicted octanol–water partition coefficient (Wildman–Crippen LogP) is 3.46. The number of rotatable bonds is 1. The molecule has 124 valence electrons. The maximum absolute atomic E-state index is 12.7. The lowest BCUT2D eigenvalue weighted by atomic mass is 10.2. The van der Waals surface area contributed by atoms with E-state index in [-0.39, 0.29) is 6.09 Å². The van der Waals surface area contributed by atoms with Crippen molar-refractivity contribution in [2.24, 2.45) is 0 Å². The Morgan fingerprint density at radius 3 is 2.78 bits per heavy atom. The molecule has 23 heavy (non-hydrogen) atoms. The molecule has 1 aromatic heterocycles. The molecular formula is C17H23N3O2S. The number of hydrogen-bond acceptors (Lipinski definition) is 5. The molecule has 0 unspecified atom stereocenters. The molecule has 1 amide bonds. The first-order chi connectivity index (χ1) is 11.0. The Morgan fingerprint density at radius 2 is 2.00 bits per heavy atom. The van der Waals surface area contributed by atoms with E-state index in [9.17, 15) is 4.79 Å². The van der Waals surface area contributed by atoms with Gasteiger partial charge < -0.3 is 10.1 Å². The summed E-state index contributed by atoms with van der Waals surface area (Å²) >= 11 is 1.71. The molecule has 2 aromatic rings. The van der Waals surface area contributed by atoms with Crippen molar-refractivity contribution in [3.63, 3.8) is 0 Å². The average Bonchev–Trinajstić information content (AvgIpc) is 2.81. The molecule has 2 heterocycles. The number of hydrazine groups is 1. The SMILES string of the molecule is CC(C)(C)OC(=O)N1CCNCCN1c1cccc2sccc12. The number of nitrogens with one attached hydrogen (secondary N) is 1. The Kier molecular flexibility index (Phi) is 4.46. The number of amides is 1. The highest BCUT2D eigenvalue weighted by Gasteiger charge is 2.29. The van der Waals surface area contributed by atoms with E-state index in [1.165, 1.54) is 10.1 Å². The van der Waals surface area contributed by atoms with Gasteiger partial charge in [0.25, 0.3) is 0 Å². The molecule has 1 aromatic carbocycles. The van der Waals surface area contributed by atoms with Gasteiger partial charge in [-0.25, -0.2) is 9.80 Å². The number of thiophene rings is 1. The second kappa shape index (κ2) is 6.37. The summed E-state index contributed by atoms with van der Waals surface area (Å²) in [6.45, 7) is 8.60. The predicted molar refractivity (Wildman–Crippen MR) is 95.0 cm³/mol. The van der Waals surface area contributed by atoms with Crippen LogP contribution in [0.5, 0.6) is 0 Å². The zero-order valence-electron chi connectivity index (χ0n) is 13.8. The van der Waals surface area contributed by atoms with Gasteiger partial charge in [-0.05, 0) is 44.4 Å². The van der Waals surface area contributed by atoms with Gasteiger partial charge >= 0.3 is 6.09 Å². The molecule has 1 fully saturated rings. The quantitative estimate of drug-likeness (QED) is 0.868. The number of anilines is 1. The highest BCUT2D eigenvalue weighted by molar-refractivity contribution is 7.17. The number of ether oxygens (including phenoxy) is 1. The number of fused-ring (bicyclic) bond motifs is 1. The first-order valence-electron chi connectivity index (χ1n) is 7.91. The van der Waals surface area contributed by atoms with Crippen molar-refractivity contribution in [2.45, 2.75) is 26.4 Å². The van der Waals surface area contributed by atoms with Crippen molar-refractivity contribution in [2.75, 3.05) is 31.2 Å². The number of hydrogen-bond donors (Lipinski definition) is 1. The zero-order chi connectivity index (χ0) is 16.4. The molecule has 3 rings (SSSR count). The smallest absolute Gasteiger partial charge is 0.429 e. The van der Waals surface area contributed by atoms with E-state index in [0.717, 1.165) is 25.3 Å². The van der Waals surface area contributed by atoms with Crippen molar-refractivity contribution in [1.82, 2.24) is 10.3 Å². The molecule has 0 saturated carbocycles. The summed E-state index contributed by atoms with van der Waals surface area (Å²) in [5.41, 5.74) is 0.551. The van der Waals surface area contributed by atoms with Crippen LogP contribution < -0.4 is 10.3 Å². The van der Waals surface area contributed by atoms with Crippen LogP contribution in [0.2, 0.25) is 0 Å². The Hall–Kier alpha value is -1.79. The molecule has 6 heteroatoms. The summed E-state index contributed by atoms with van der Waals surface area (Å²) in [4.78, 5) is 12.7. The number of carbonyl (C=O) groups is 1. The van der Waals surface area contributed by atoms with Crippen LogP contribution in [0, 0.1) is 0 Å². The van der Waals surface area contributed by atoms with Crippen LogP contribution in [0.25, 0.3) is 10.1 Å². The van der Waals surface area contributed by atoms with E-state index in [2.05, 4.69) is 28.9 Å². The topological polar surface area (TPSA) is 44.8 Å². The molecule has 0 spiro atoms. The van der Waals surface area contributed by atoms with Gasteiger partial charge in [-0.2, -0.15) is 0 Å². The molecule has 1 N–H and O–H groups in total. The Labute approximate surface area is 140 Å². The Morgan fingerprint density at radius 1 is 1.22 bits per heavy atom. The zero-order valence-corrected chi connectivity index (χ0v) is 14.7. The van der Waals surface area contributed by atoms with Crippen molar-refractivity contribution in [1.29, 1.82) is 0 Å². The van der Waals surface area contributed by atoms with Crippen LogP contribution in [-0.2, 0) is 4.74 Å². The summed E-state index contributed by atoms with van der Waals surface area (Å²) in [7, 11) is 0. The van der Waals surface area contributed by atoms with E-state index in [0.29, 0.717) is 6.54 Å². The second-order valence-corrected chi connectivity index (χ2v) is 7.53. The summed E-state index contributed by atoms with van der Waals surface area (Å²) in [5.74, 6) is 0. The minimum absolute atomic E-state index is 0.298. The summed E-state index contributed by atoms with van der Waals surface area (Å²) in [6, 6.07) is 8.33. The summed E-state index contributed by atoms with van der Waals surface area (Å²) < 4.78 is 6.82. The second-order valence-electron chi connectivity index (χ2n) is 6.59. The van der Waals surface area contributed by atoms with Crippen LogP contribution in [-0.4, -0.2) is 42.9 Å². The van der Waals surface area contributed by atoms with Gasteiger partial charge in [-0.1, -0.05) is 6.07 Å².